The van der Waals surface area contributed by atoms with Crippen LogP contribution in [0.2, 0.25) is 0 Å². The van der Waals surface area contributed by atoms with Gasteiger partial charge in [-0.05, 0) is 106 Å². The summed E-state index contributed by atoms with van der Waals surface area (Å²) >= 11 is 0. The van der Waals surface area contributed by atoms with Gasteiger partial charge in [0.25, 0.3) is 0 Å². The van der Waals surface area contributed by atoms with Crippen LogP contribution in [0.5, 0.6) is 0 Å². The van der Waals surface area contributed by atoms with E-state index in [-0.39, 0.29) is 6.10 Å². The largest absolute Gasteiger partial charge is 0.381 e. The molecule has 294 valence electrons. The summed E-state index contributed by atoms with van der Waals surface area (Å²) in [5.74, 6) is 6.80. The lowest BCUT2D eigenvalue weighted by Crippen LogP contribution is -2.42. The van der Waals surface area contributed by atoms with Crippen LogP contribution < -0.4 is 0 Å². The van der Waals surface area contributed by atoms with E-state index in [0.29, 0.717) is 42.4 Å². The Morgan fingerprint density at radius 2 is 0.882 bits per heavy atom. The van der Waals surface area contributed by atoms with Gasteiger partial charge in [-0.2, -0.15) is 0 Å². The number of likely N-dealkylation sites (tertiary alicyclic amines) is 3. The van der Waals surface area contributed by atoms with Crippen LogP contribution >= 0.6 is 0 Å². The molecule has 6 rings (SSSR count). The van der Waals surface area contributed by atoms with Crippen molar-refractivity contribution in [3.05, 3.63) is 0 Å². The second kappa shape index (κ2) is 21.9. The van der Waals surface area contributed by atoms with Crippen molar-refractivity contribution < 1.29 is 28.6 Å². The standard InChI is InChI=1S/C15H27NO2.C14H25NO2.C13H23NO2/c1-12(2)14-3-7-16(8-4-14)15(17)11-13-5-9-18-10-6-13;1-11(2)12-5-7-15(8-6-12)14(16)10-13-4-3-9-17-13;1-10(2)12-3-5-14(6-4-12)13(15)7-11-8-16-9-11/h12-14H,3-11H2,1-2H3;11-13H,3-10H2,1-2H3;10-12H,3-9H2,1-2H3. The Labute approximate surface area is 311 Å². The third kappa shape index (κ3) is 14.2. The van der Waals surface area contributed by atoms with E-state index >= 15 is 0 Å². The summed E-state index contributed by atoms with van der Waals surface area (Å²) in [5.41, 5.74) is 0. The van der Waals surface area contributed by atoms with Crippen LogP contribution in [0.25, 0.3) is 0 Å². The second-order valence-electron chi connectivity index (χ2n) is 17.6. The Hall–Kier alpha value is -1.71. The smallest absolute Gasteiger partial charge is 0.225 e. The number of amides is 3. The highest BCUT2D eigenvalue weighted by molar-refractivity contribution is 5.77. The third-order valence-corrected chi connectivity index (χ3v) is 12.9. The Morgan fingerprint density at radius 1 is 0.490 bits per heavy atom. The number of rotatable bonds is 9. The number of ether oxygens (including phenoxy) is 3. The maximum absolute atomic E-state index is 12.2. The molecule has 0 aliphatic carbocycles. The molecule has 6 aliphatic heterocycles. The minimum absolute atomic E-state index is 0.199. The second-order valence-corrected chi connectivity index (χ2v) is 17.6. The van der Waals surface area contributed by atoms with E-state index in [2.05, 4.69) is 51.3 Å². The third-order valence-electron chi connectivity index (χ3n) is 12.9. The molecule has 6 fully saturated rings. The van der Waals surface area contributed by atoms with Crippen molar-refractivity contribution >= 4 is 17.7 Å². The normalized spacial score (nSPS) is 24.6. The van der Waals surface area contributed by atoms with Crippen molar-refractivity contribution in [2.45, 2.75) is 131 Å². The van der Waals surface area contributed by atoms with Crippen LogP contribution in [-0.2, 0) is 28.6 Å². The van der Waals surface area contributed by atoms with E-state index in [1.807, 2.05) is 4.90 Å². The quantitative estimate of drug-likeness (QED) is 0.254. The van der Waals surface area contributed by atoms with E-state index in [4.69, 9.17) is 14.2 Å². The molecule has 9 nitrogen and oxygen atoms in total. The first-order chi connectivity index (χ1) is 24.5. The first-order valence-corrected chi connectivity index (χ1v) is 21.1. The summed E-state index contributed by atoms with van der Waals surface area (Å²) in [6.07, 6.45) is 13.7. The molecule has 0 saturated carbocycles. The minimum atomic E-state index is 0.199. The highest BCUT2D eigenvalue weighted by Gasteiger charge is 2.30. The van der Waals surface area contributed by atoms with Crippen molar-refractivity contribution in [1.82, 2.24) is 14.7 Å². The highest BCUT2D eigenvalue weighted by Crippen LogP contribution is 2.28. The molecule has 1 unspecified atom stereocenters. The molecule has 0 aromatic carbocycles. The summed E-state index contributed by atoms with van der Waals surface area (Å²) in [4.78, 5) is 42.4. The van der Waals surface area contributed by atoms with E-state index in [9.17, 15) is 14.4 Å². The van der Waals surface area contributed by atoms with Gasteiger partial charge >= 0.3 is 0 Å². The molecule has 0 aromatic heterocycles. The Kier molecular flexibility index (Phi) is 18.0. The van der Waals surface area contributed by atoms with Gasteiger partial charge in [-0.3, -0.25) is 14.4 Å². The molecule has 6 heterocycles. The van der Waals surface area contributed by atoms with Gasteiger partial charge in [0.1, 0.15) is 0 Å². The molecule has 0 N–H and O–H groups in total. The molecule has 1 atom stereocenters. The summed E-state index contributed by atoms with van der Waals surface area (Å²) < 4.78 is 16.0. The van der Waals surface area contributed by atoms with Gasteiger partial charge in [-0.25, -0.2) is 0 Å². The molecule has 0 aromatic rings. The summed E-state index contributed by atoms with van der Waals surface area (Å²) in [6, 6.07) is 0. The SMILES string of the molecule is CC(C)C1CCN(C(=O)CC2CCCO2)CC1.CC(C)C1CCN(C(=O)CC2CCOCC2)CC1.CC(C)C1CCN(C(=O)CC2COC2)CC1. The fraction of sp³-hybridized carbons (Fsp3) is 0.929. The predicted octanol–water partition coefficient (Wildman–Crippen LogP) is 7.07. The van der Waals surface area contributed by atoms with Crippen molar-refractivity contribution in [3.8, 4) is 0 Å². The molecular weight excluding hydrogens is 642 g/mol. The highest BCUT2D eigenvalue weighted by atomic mass is 16.5. The first-order valence-electron chi connectivity index (χ1n) is 21.1. The van der Waals surface area contributed by atoms with Crippen LogP contribution in [0.4, 0.5) is 0 Å². The Balaban J connectivity index is 0.000000172. The van der Waals surface area contributed by atoms with Crippen LogP contribution in [0.3, 0.4) is 0 Å². The fourth-order valence-corrected chi connectivity index (χ4v) is 8.68. The van der Waals surface area contributed by atoms with Crippen molar-refractivity contribution in [1.29, 1.82) is 0 Å². The molecule has 6 saturated heterocycles. The zero-order valence-electron chi connectivity index (χ0n) is 33.5. The number of piperidine rings is 3. The lowest BCUT2D eigenvalue weighted by Gasteiger charge is -2.35. The van der Waals surface area contributed by atoms with E-state index in [1.54, 1.807) is 0 Å². The van der Waals surface area contributed by atoms with Crippen LogP contribution in [0.15, 0.2) is 0 Å². The average Bonchev–Trinajstić information content (AvgIpc) is 3.64. The molecule has 0 spiro atoms. The molecule has 9 heteroatoms. The zero-order chi connectivity index (χ0) is 36.8. The van der Waals surface area contributed by atoms with Gasteiger partial charge in [-0.15, -0.1) is 0 Å². The molecule has 0 radical (unpaired) electrons. The lowest BCUT2D eigenvalue weighted by atomic mass is 9.86. The number of hydrogen-bond donors (Lipinski definition) is 0. The topological polar surface area (TPSA) is 88.6 Å². The fourth-order valence-electron chi connectivity index (χ4n) is 8.68. The number of carbonyl (C=O) groups excluding carboxylic acids is 3. The van der Waals surface area contributed by atoms with E-state index in [1.165, 1.54) is 38.5 Å². The maximum atomic E-state index is 12.2. The molecule has 6 aliphatic rings. The Bertz CT molecular complexity index is 1010. The first kappa shape index (κ1) is 42.0. The van der Waals surface area contributed by atoms with Crippen molar-refractivity contribution in [3.63, 3.8) is 0 Å². The van der Waals surface area contributed by atoms with Crippen molar-refractivity contribution in [2.75, 3.05) is 72.3 Å². The molecular formula is C42H75N3O6. The molecule has 3 amide bonds. The van der Waals surface area contributed by atoms with E-state index in [0.717, 1.165) is 140 Å². The Morgan fingerprint density at radius 3 is 1.22 bits per heavy atom. The van der Waals surface area contributed by atoms with Gasteiger partial charge < -0.3 is 28.9 Å². The van der Waals surface area contributed by atoms with Gasteiger partial charge in [0, 0.05) is 77.8 Å². The summed E-state index contributed by atoms with van der Waals surface area (Å²) in [7, 11) is 0. The van der Waals surface area contributed by atoms with Gasteiger partial charge in [-0.1, -0.05) is 41.5 Å². The zero-order valence-corrected chi connectivity index (χ0v) is 33.5. The number of carbonyl (C=O) groups is 3. The van der Waals surface area contributed by atoms with E-state index < -0.39 is 0 Å². The number of hydrogen-bond acceptors (Lipinski definition) is 6. The van der Waals surface area contributed by atoms with Gasteiger partial charge in [0.05, 0.1) is 25.7 Å². The van der Waals surface area contributed by atoms with Crippen LogP contribution in [0.1, 0.15) is 125 Å². The van der Waals surface area contributed by atoms with Crippen molar-refractivity contribution in [2.24, 2.45) is 47.3 Å². The molecule has 0 bridgehead atoms. The monoisotopic (exact) mass is 718 g/mol. The summed E-state index contributed by atoms with van der Waals surface area (Å²) in [6.45, 7) is 23.6. The maximum Gasteiger partial charge on any atom is 0.225 e. The van der Waals surface area contributed by atoms with Crippen LogP contribution in [-0.4, -0.2) is 111 Å². The summed E-state index contributed by atoms with van der Waals surface area (Å²) in [5, 5.41) is 0. The number of nitrogens with zero attached hydrogens (tertiary/aromatic N) is 3. The minimum Gasteiger partial charge on any atom is -0.381 e. The lowest BCUT2D eigenvalue weighted by molar-refractivity contribution is -0.138. The molecule has 51 heavy (non-hydrogen) atoms. The van der Waals surface area contributed by atoms with Gasteiger partial charge in [0.2, 0.25) is 17.7 Å². The van der Waals surface area contributed by atoms with Gasteiger partial charge in [0.15, 0.2) is 0 Å². The average molecular weight is 718 g/mol. The van der Waals surface area contributed by atoms with Crippen LogP contribution in [0, 0.1) is 47.3 Å². The predicted molar refractivity (Wildman–Crippen MR) is 203 cm³/mol.